The Hall–Kier alpha value is -5.98. The summed E-state index contributed by atoms with van der Waals surface area (Å²) in [4.78, 5) is 5.67. The van der Waals surface area contributed by atoms with Gasteiger partial charge in [-0.1, -0.05) is 133 Å². The number of nitrogens with zero attached hydrogens (tertiary/aromatic N) is 3. The van der Waals surface area contributed by atoms with Gasteiger partial charge < -0.3 is 4.40 Å². The minimum Gasteiger partial charge on any atom is -0.308 e. The second-order valence-corrected chi connectivity index (χ2v) is 14.7. The van der Waals surface area contributed by atoms with Crippen LogP contribution in [0.4, 0.5) is 0 Å². The molecule has 0 radical (unpaired) electrons. The van der Waals surface area contributed by atoms with Crippen molar-refractivity contribution in [2.75, 3.05) is 0 Å². The van der Waals surface area contributed by atoms with E-state index in [0.717, 1.165) is 25.8 Å². The Morgan fingerprint density at radius 1 is 0.431 bits per heavy atom. The number of pyridine rings is 1. The molecule has 3 nitrogen and oxygen atoms in total. The van der Waals surface area contributed by atoms with Crippen molar-refractivity contribution < 1.29 is 0 Å². The Balaban J connectivity index is 1.36. The van der Waals surface area contributed by atoms with Crippen LogP contribution in [0.3, 0.4) is 0 Å². The lowest BCUT2D eigenvalue weighted by Crippen LogP contribution is -2.04. The van der Waals surface area contributed by atoms with Crippen LogP contribution in [0.25, 0.3) is 109 Å². The van der Waals surface area contributed by atoms with E-state index in [0.29, 0.717) is 0 Å². The minimum atomic E-state index is 0.955. The molecule has 0 amide bonds. The normalized spacial score (nSPS) is 12.4. The third kappa shape index (κ3) is 3.55. The summed E-state index contributed by atoms with van der Waals surface area (Å²) in [7, 11) is 0. The Labute approximate surface area is 305 Å². The van der Waals surface area contributed by atoms with E-state index in [-0.39, 0.29) is 0 Å². The molecule has 4 heteroatoms. The molecule has 12 aromatic rings. The first-order valence-electron chi connectivity index (χ1n) is 17.3. The molecule has 51 heavy (non-hydrogen) atoms. The van der Waals surface area contributed by atoms with Gasteiger partial charge in [-0.25, -0.2) is 4.98 Å². The molecule has 0 atom stereocenters. The third-order valence-corrected chi connectivity index (χ3v) is 12.1. The van der Waals surface area contributed by atoms with Gasteiger partial charge in [0, 0.05) is 48.7 Å². The molecular formula is C47H26IN3. The largest absolute Gasteiger partial charge is 0.308 e. The highest BCUT2D eigenvalue weighted by atomic mass is 127. The van der Waals surface area contributed by atoms with Gasteiger partial charge in [-0.15, -0.1) is 0 Å². The maximum atomic E-state index is 5.67. The van der Waals surface area contributed by atoms with Gasteiger partial charge in [-0.2, -0.15) is 0 Å². The molecule has 4 heterocycles. The molecule has 0 bridgehead atoms. The number of hydrogen-bond acceptors (Lipinski definition) is 1. The molecule has 12 rings (SSSR count). The fourth-order valence-corrected chi connectivity index (χ4v) is 9.96. The predicted molar refractivity (Wildman–Crippen MR) is 224 cm³/mol. The van der Waals surface area contributed by atoms with Gasteiger partial charge in [0.2, 0.25) is 0 Å². The van der Waals surface area contributed by atoms with Crippen molar-refractivity contribution >= 4 is 115 Å². The molecule has 0 unspecified atom stereocenters. The van der Waals surface area contributed by atoms with E-state index in [1.165, 1.54) is 87.1 Å². The molecule has 4 aromatic heterocycles. The van der Waals surface area contributed by atoms with Gasteiger partial charge in [0.1, 0.15) is 0 Å². The number of aromatic nitrogens is 3. The molecule has 0 saturated heterocycles. The van der Waals surface area contributed by atoms with Crippen LogP contribution < -0.4 is 0 Å². The molecular weight excluding hydrogens is 733 g/mol. The molecule has 0 saturated carbocycles. The standard InChI is InChI=1S/C47H26IN3/c48-44-40(29-14-2-1-3-15-29)34-24-22-28-13-5-7-17-31(28)45(34)49-47(44)51-37-21-11-9-19-33(37)42-39(51)26-35-32-18-8-10-20-36(32)50-38-25-23-27-12-4-6-16-30(27)41(38)43(42)46(35)50/h1-26H. The van der Waals surface area contributed by atoms with E-state index < -0.39 is 0 Å². The van der Waals surface area contributed by atoms with Gasteiger partial charge in [0.15, 0.2) is 5.82 Å². The maximum absolute atomic E-state index is 5.67. The third-order valence-electron chi connectivity index (χ3n) is 11.1. The molecule has 0 N–H and O–H groups in total. The highest BCUT2D eigenvalue weighted by Gasteiger charge is 2.27. The molecule has 0 aliphatic heterocycles. The maximum Gasteiger partial charge on any atom is 0.152 e. The van der Waals surface area contributed by atoms with Crippen LogP contribution in [0, 0.1) is 3.57 Å². The average Bonchev–Trinajstić information content (AvgIpc) is 3.82. The summed E-state index contributed by atoms with van der Waals surface area (Å²) in [5.74, 6) is 0.955. The van der Waals surface area contributed by atoms with Crippen LogP contribution in [0.2, 0.25) is 0 Å². The van der Waals surface area contributed by atoms with E-state index in [1.807, 2.05) is 0 Å². The van der Waals surface area contributed by atoms with Crippen molar-refractivity contribution in [2.24, 2.45) is 0 Å². The Kier molecular flexibility index (Phi) is 5.48. The fraction of sp³-hybridized carbons (Fsp3) is 0. The van der Waals surface area contributed by atoms with Gasteiger partial charge in [0.25, 0.3) is 0 Å². The minimum absolute atomic E-state index is 0.955. The molecule has 0 aliphatic carbocycles. The van der Waals surface area contributed by atoms with Crippen molar-refractivity contribution in [1.82, 2.24) is 14.0 Å². The lowest BCUT2D eigenvalue weighted by atomic mass is 9.97. The molecule has 236 valence electrons. The van der Waals surface area contributed by atoms with Crippen LogP contribution in [0.1, 0.15) is 0 Å². The number of fused-ring (bicyclic) bond motifs is 15. The second kappa shape index (κ2) is 10.1. The van der Waals surface area contributed by atoms with E-state index >= 15 is 0 Å². The van der Waals surface area contributed by atoms with E-state index in [4.69, 9.17) is 4.98 Å². The highest BCUT2D eigenvalue weighted by molar-refractivity contribution is 14.1. The Bertz CT molecular complexity index is 3430. The van der Waals surface area contributed by atoms with Crippen LogP contribution >= 0.6 is 22.6 Å². The van der Waals surface area contributed by atoms with E-state index in [9.17, 15) is 0 Å². The molecule has 0 fully saturated rings. The van der Waals surface area contributed by atoms with Crippen molar-refractivity contribution in [3.63, 3.8) is 0 Å². The van der Waals surface area contributed by atoms with Crippen molar-refractivity contribution in [2.45, 2.75) is 0 Å². The molecule has 0 spiro atoms. The monoisotopic (exact) mass is 759 g/mol. The summed E-state index contributed by atoms with van der Waals surface area (Å²) >= 11 is 2.57. The zero-order valence-corrected chi connectivity index (χ0v) is 29.4. The predicted octanol–water partition coefficient (Wildman–Crippen LogP) is 13.1. The zero-order valence-electron chi connectivity index (χ0n) is 27.2. The highest BCUT2D eigenvalue weighted by Crippen LogP contribution is 2.49. The van der Waals surface area contributed by atoms with Gasteiger partial charge >= 0.3 is 0 Å². The number of hydrogen-bond donors (Lipinski definition) is 0. The van der Waals surface area contributed by atoms with E-state index in [2.05, 4.69) is 189 Å². The van der Waals surface area contributed by atoms with Crippen LogP contribution in [0.5, 0.6) is 0 Å². The summed E-state index contributed by atoms with van der Waals surface area (Å²) < 4.78 is 6.09. The summed E-state index contributed by atoms with van der Waals surface area (Å²) in [6.45, 7) is 0. The lowest BCUT2D eigenvalue weighted by molar-refractivity contribution is 1.09. The zero-order chi connectivity index (χ0) is 33.4. The summed E-state index contributed by atoms with van der Waals surface area (Å²) in [5, 5.41) is 13.7. The first-order chi connectivity index (χ1) is 25.3. The van der Waals surface area contributed by atoms with Crippen LogP contribution in [-0.2, 0) is 0 Å². The molecule has 0 aliphatic rings. The van der Waals surface area contributed by atoms with Crippen molar-refractivity contribution in [1.29, 1.82) is 0 Å². The lowest BCUT2D eigenvalue weighted by Gasteiger charge is -2.17. The number of para-hydroxylation sites is 2. The number of benzene rings is 8. The average molecular weight is 760 g/mol. The number of rotatable bonds is 2. The van der Waals surface area contributed by atoms with Crippen LogP contribution in [0.15, 0.2) is 158 Å². The van der Waals surface area contributed by atoms with Crippen molar-refractivity contribution in [3.05, 3.63) is 161 Å². The van der Waals surface area contributed by atoms with Gasteiger partial charge in [0.05, 0.1) is 36.7 Å². The first kappa shape index (κ1) is 27.8. The summed E-state index contributed by atoms with van der Waals surface area (Å²) in [5.41, 5.74) is 9.53. The van der Waals surface area contributed by atoms with Crippen molar-refractivity contribution in [3.8, 4) is 16.9 Å². The van der Waals surface area contributed by atoms with Gasteiger partial charge in [-0.3, -0.25) is 4.57 Å². The van der Waals surface area contributed by atoms with Gasteiger partial charge in [-0.05, 0) is 68.6 Å². The SMILES string of the molecule is Ic1c(-n2c3ccccc3c3c4c5c6ccccc6ccc5n5c6ccccc6c(cc32)c45)nc2c(ccc3ccccc32)c1-c1ccccc1. The first-order valence-corrected chi connectivity index (χ1v) is 18.4. The summed E-state index contributed by atoms with van der Waals surface area (Å²) in [6, 6.07) is 57.6. The molecule has 8 aromatic carbocycles. The Morgan fingerprint density at radius 3 is 1.88 bits per heavy atom. The fourth-order valence-electron chi connectivity index (χ4n) is 9.00. The number of halogens is 1. The smallest absolute Gasteiger partial charge is 0.152 e. The summed E-state index contributed by atoms with van der Waals surface area (Å²) in [6.07, 6.45) is 0. The Morgan fingerprint density at radius 2 is 1.06 bits per heavy atom. The topological polar surface area (TPSA) is 22.2 Å². The van der Waals surface area contributed by atoms with Crippen LogP contribution in [-0.4, -0.2) is 14.0 Å². The van der Waals surface area contributed by atoms with E-state index in [1.54, 1.807) is 0 Å². The quantitative estimate of drug-likeness (QED) is 0.127. The second-order valence-electron chi connectivity index (χ2n) is 13.6.